The Morgan fingerprint density at radius 1 is 1.20 bits per heavy atom. The van der Waals surface area contributed by atoms with Crippen LogP contribution in [0, 0.1) is 0 Å². The van der Waals surface area contributed by atoms with Crippen LogP contribution in [0.15, 0.2) is 54.9 Å². The molecule has 1 aromatic carbocycles. The quantitative estimate of drug-likeness (QED) is 0.757. The predicted octanol–water partition coefficient (Wildman–Crippen LogP) is 2.23. The molecular formula is C11H11NO3. The van der Waals surface area contributed by atoms with Crippen molar-refractivity contribution in [2.24, 2.45) is 0 Å². The Kier molecular flexibility index (Phi) is 2.90. The highest BCUT2D eigenvalue weighted by molar-refractivity contribution is 5.23. The molecule has 4 nitrogen and oxygen atoms in total. The number of nitrogens with zero attached hydrogens (tertiary/aromatic N) is 1. The minimum Gasteiger partial charge on any atom is -0.465 e. The largest absolute Gasteiger partial charge is 0.465 e. The van der Waals surface area contributed by atoms with Crippen LogP contribution in [0.3, 0.4) is 0 Å². The van der Waals surface area contributed by atoms with Crippen LogP contribution in [-0.4, -0.2) is 12.2 Å². The molecular weight excluding hydrogens is 194 g/mol. The molecule has 0 N–H and O–H groups in total. The zero-order valence-electron chi connectivity index (χ0n) is 8.29. The molecule has 0 saturated heterocycles. The van der Waals surface area contributed by atoms with Gasteiger partial charge in [-0.2, -0.15) is 5.06 Å². The molecule has 4 heteroatoms. The molecule has 0 bridgehead atoms. The molecule has 0 amide bonds. The summed E-state index contributed by atoms with van der Waals surface area (Å²) < 4.78 is 10.5. The molecule has 0 radical (unpaired) electrons. The zero-order valence-corrected chi connectivity index (χ0v) is 8.29. The van der Waals surface area contributed by atoms with Crippen molar-refractivity contribution in [2.45, 2.75) is 0 Å². The van der Waals surface area contributed by atoms with E-state index >= 15 is 0 Å². The Balaban J connectivity index is 2.08. The van der Waals surface area contributed by atoms with Gasteiger partial charge in [0.1, 0.15) is 12.0 Å². The third-order valence-electron chi connectivity index (χ3n) is 1.82. The Morgan fingerprint density at radius 2 is 2.00 bits per heavy atom. The molecule has 15 heavy (non-hydrogen) atoms. The van der Waals surface area contributed by atoms with Gasteiger partial charge >= 0.3 is 0 Å². The first-order chi connectivity index (χ1) is 7.40. The van der Waals surface area contributed by atoms with Crippen molar-refractivity contribution in [1.29, 1.82) is 0 Å². The first kappa shape index (κ1) is 9.61. The summed E-state index contributed by atoms with van der Waals surface area (Å²) in [5.74, 6) is 1.20. The average Bonchev–Trinajstić information content (AvgIpc) is 2.31. The van der Waals surface area contributed by atoms with Gasteiger partial charge in [-0.05, 0) is 12.1 Å². The number of hydrogen-bond acceptors (Lipinski definition) is 4. The van der Waals surface area contributed by atoms with E-state index in [1.54, 1.807) is 13.3 Å². The highest BCUT2D eigenvalue weighted by Crippen LogP contribution is 2.17. The molecule has 0 spiro atoms. The molecule has 1 aromatic rings. The maximum absolute atomic E-state index is 5.54. The van der Waals surface area contributed by atoms with Gasteiger partial charge < -0.3 is 9.47 Å². The minimum absolute atomic E-state index is 0.478. The second kappa shape index (κ2) is 4.52. The maximum atomic E-state index is 5.54. The Bertz CT molecular complexity index is 373. The van der Waals surface area contributed by atoms with Gasteiger partial charge in [0.05, 0.1) is 13.3 Å². The number of benzene rings is 1. The summed E-state index contributed by atoms with van der Waals surface area (Å²) in [4.78, 5) is 5.05. The summed E-state index contributed by atoms with van der Waals surface area (Å²) in [5, 5.41) is 1.47. The third-order valence-corrected chi connectivity index (χ3v) is 1.82. The lowest BCUT2D eigenvalue weighted by atomic mass is 10.3. The highest BCUT2D eigenvalue weighted by Gasteiger charge is 2.12. The lowest BCUT2D eigenvalue weighted by molar-refractivity contribution is -0.0934. The SMILES string of the molecule is CON1C=COC=C1Oc1ccccc1. The molecule has 0 saturated carbocycles. The van der Waals surface area contributed by atoms with Crippen molar-refractivity contribution in [1.82, 2.24) is 5.06 Å². The molecule has 0 aliphatic carbocycles. The van der Waals surface area contributed by atoms with E-state index in [1.807, 2.05) is 30.3 Å². The van der Waals surface area contributed by atoms with Crippen LogP contribution in [0.4, 0.5) is 0 Å². The van der Waals surface area contributed by atoms with Gasteiger partial charge in [-0.1, -0.05) is 18.2 Å². The minimum atomic E-state index is 0.478. The van der Waals surface area contributed by atoms with Crippen LogP contribution < -0.4 is 4.74 Å². The molecule has 2 rings (SSSR count). The van der Waals surface area contributed by atoms with Crippen molar-refractivity contribution in [3.63, 3.8) is 0 Å². The van der Waals surface area contributed by atoms with Gasteiger partial charge in [-0.3, -0.25) is 4.84 Å². The molecule has 0 aromatic heterocycles. The van der Waals surface area contributed by atoms with E-state index in [-0.39, 0.29) is 0 Å². The summed E-state index contributed by atoms with van der Waals surface area (Å²) in [6.45, 7) is 0. The van der Waals surface area contributed by atoms with E-state index in [0.717, 1.165) is 5.75 Å². The van der Waals surface area contributed by atoms with E-state index < -0.39 is 0 Å². The maximum Gasteiger partial charge on any atom is 0.260 e. The molecule has 0 atom stereocenters. The zero-order chi connectivity index (χ0) is 10.5. The second-order valence-electron chi connectivity index (χ2n) is 2.80. The van der Waals surface area contributed by atoms with Crippen LogP contribution in [0.1, 0.15) is 0 Å². The van der Waals surface area contributed by atoms with Gasteiger partial charge in [0, 0.05) is 0 Å². The smallest absolute Gasteiger partial charge is 0.260 e. The van der Waals surface area contributed by atoms with Crippen LogP contribution in [0.5, 0.6) is 5.75 Å². The average molecular weight is 205 g/mol. The van der Waals surface area contributed by atoms with Crippen molar-refractivity contribution >= 4 is 0 Å². The standard InChI is InChI=1S/C11H11NO3/c1-13-12-7-8-14-9-11(12)15-10-5-3-2-4-6-10/h2-9H,1H3. The molecule has 1 aliphatic rings. The monoisotopic (exact) mass is 205 g/mol. The van der Waals surface area contributed by atoms with Gasteiger partial charge in [-0.15, -0.1) is 0 Å². The Morgan fingerprint density at radius 3 is 2.73 bits per heavy atom. The van der Waals surface area contributed by atoms with E-state index in [2.05, 4.69) is 0 Å². The van der Waals surface area contributed by atoms with E-state index in [0.29, 0.717) is 5.88 Å². The van der Waals surface area contributed by atoms with Gasteiger partial charge in [-0.25, -0.2) is 0 Å². The lowest BCUT2D eigenvalue weighted by Crippen LogP contribution is -2.21. The summed E-state index contributed by atoms with van der Waals surface area (Å²) in [7, 11) is 1.55. The van der Waals surface area contributed by atoms with Crippen LogP contribution >= 0.6 is 0 Å². The van der Waals surface area contributed by atoms with Crippen molar-refractivity contribution in [3.8, 4) is 5.75 Å². The first-order valence-electron chi connectivity index (χ1n) is 4.48. The fourth-order valence-corrected chi connectivity index (χ4v) is 1.14. The van der Waals surface area contributed by atoms with Gasteiger partial charge in [0.15, 0.2) is 6.26 Å². The molecule has 1 heterocycles. The van der Waals surface area contributed by atoms with Crippen LogP contribution in [0.2, 0.25) is 0 Å². The predicted molar refractivity (Wildman–Crippen MR) is 54.2 cm³/mol. The molecule has 1 aliphatic heterocycles. The van der Waals surface area contributed by atoms with Crippen LogP contribution in [-0.2, 0) is 9.57 Å². The topological polar surface area (TPSA) is 30.9 Å². The molecule has 0 unspecified atom stereocenters. The van der Waals surface area contributed by atoms with Crippen molar-refractivity contribution < 1.29 is 14.3 Å². The summed E-state index contributed by atoms with van der Waals surface area (Å²) in [5.41, 5.74) is 0. The number of hydroxylamine groups is 2. The molecule has 0 fully saturated rings. The second-order valence-corrected chi connectivity index (χ2v) is 2.80. The fourth-order valence-electron chi connectivity index (χ4n) is 1.14. The number of para-hydroxylation sites is 1. The lowest BCUT2D eigenvalue weighted by Gasteiger charge is -2.22. The van der Waals surface area contributed by atoms with Gasteiger partial charge in [0.2, 0.25) is 0 Å². The van der Waals surface area contributed by atoms with E-state index in [4.69, 9.17) is 14.3 Å². The number of rotatable bonds is 3. The first-order valence-corrected chi connectivity index (χ1v) is 4.48. The fraction of sp³-hybridized carbons (Fsp3) is 0.0909. The normalized spacial score (nSPS) is 14.5. The van der Waals surface area contributed by atoms with Crippen molar-refractivity contribution in [2.75, 3.05) is 7.11 Å². The summed E-state index contributed by atoms with van der Waals surface area (Å²) >= 11 is 0. The summed E-state index contributed by atoms with van der Waals surface area (Å²) in [6.07, 6.45) is 4.59. The third kappa shape index (κ3) is 2.30. The Hall–Kier alpha value is -1.94. The highest BCUT2D eigenvalue weighted by atomic mass is 16.7. The number of hydrogen-bond donors (Lipinski definition) is 0. The van der Waals surface area contributed by atoms with Crippen molar-refractivity contribution in [3.05, 3.63) is 54.9 Å². The van der Waals surface area contributed by atoms with E-state index in [1.165, 1.54) is 17.6 Å². The Labute approximate surface area is 87.9 Å². The number of ether oxygens (including phenoxy) is 2. The van der Waals surface area contributed by atoms with E-state index in [9.17, 15) is 0 Å². The van der Waals surface area contributed by atoms with Gasteiger partial charge in [0.25, 0.3) is 5.88 Å². The summed E-state index contributed by atoms with van der Waals surface area (Å²) in [6, 6.07) is 9.42. The molecule has 78 valence electrons. The van der Waals surface area contributed by atoms with Crippen LogP contribution in [0.25, 0.3) is 0 Å².